The predicted molar refractivity (Wildman–Crippen MR) is 138 cm³/mol. The fourth-order valence-electron chi connectivity index (χ4n) is 4.45. The Bertz CT molecular complexity index is 1300. The van der Waals surface area contributed by atoms with Crippen molar-refractivity contribution in [1.82, 2.24) is 20.9 Å². The minimum atomic E-state index is -1.10. The number of fused-ring (bicyclic) bond motifs is 1. The van der Waals surface area contributed by atoms with E-state index in [0.717, 1.165) is 11.1 Å². The molecule has 0 aliphatic carbocycles. The van der Waals surface area contributed by atoms with Crippen molar-refractivity contribution >= 4 is 41.3 Å². The molecule has 0 radical (unpaired) electrons. The molecule has 2 aromatic carbocycles. The molecule has 11 heteroatoms. The molecule has 0 aromatic heterocycles. The van der Waals surface area contributed by atoms with Gasteiger partial charge in [-0.05, 0) is 50.5 Å². The van der Waals surface area contributed by atoms with E-state index in [-0.39, 0.29) is 37.7 Å². The average Bonchev–Trinajstić information content (AvgIpc) is 3.16. The Morgan fingerprint density at radius 2 is 1.89 bits per heavy atom. The Kier molecular flexibility index (Phi) is 7.73. The van der Waals surface area contributed by atoms with Crippen LogP contribution in [-0.2, 0) is 32.2 Å². The zero-order chi connectivity index (χ0) is 27.6. The van der Waals surface area contributed by atoms with Crippen molar-refractivity contribution in [1.29, 1.82) is 0 Å². The van der Waals surface area contributed by atoms with E-state index in [1.165, 1.54) is 4.90 Å². The van der Waals surface area contributed by atoms with Crippen molar-refractivity contribution in [3.63, 3.8) is 0 Å². The van der Waals surface area contributed by atoms with Gasteiger partial charge in [-0.2, -0.15) is 0 Å². The maximum Gasteiger partial charge on any atom is 0.408 e. The molecule has 2 aromatic rings. The molecule has 0 saturated carbocycles. The van der Waals surface area contributed by atoms with Crippen LogP contribution in [0.3, 0.4) is 0 Å². The van der Waals surface area contributed by atoms with Crippen LogP contribution in [0, 0.1) is 0 Å². The van der Waals surface area contributed by atoms with Crippen molar-refractivity contribution in [2.45, 2.75) is 64.4 Å². The van der Waals surface area contributed by atoms with Gasteiger partial charge in [0.2, 0.25) is 17.7 Å². The van der Waals surface area contributed by atoms with Gasteiger partial charge in [-0.15, -0.1) is 0 Å². The van der Waals surface area contributed by atoms with Gasteiger partial charge in [-0.1, -0.05) is 41.9 Å². The van der Waals surface area contributed by atoms with E-state index in [1.807, 2.05) is 0 Å². The molecular formula is C27H29ClN4O6. The molecular weight excluding hydrogens is 512 g/mol. The fraction of sp³-hybridized carbons (Fsp3) is 0.370. The Balaban J connectivity index is 1.46. The van der Waals surface area contributed by atoms with E-state index >= 15 is 0 Å². The van der Waals surface area contributed by atoms with Crippen LogP contribution in [0.5, 0.6) is 0 Å². The Hall–Kier alpha value is -3.92. The third kappa shape index (κ3) is 6.13. The minimum absolute atomic E-state index is 0.121. The second kappa shape index (κ2) is 10.8. The van der Waals surface area contributed by atoms with Gasteiger partial charge in [0.15, 0.2) is 0 Å². The first-order valence-corrected chi connectivity index (χ1v) is 12.6. The number of ether oxygens (including phenoxy) is 1. The van der Waals surface area contributed by atoms with Gasteiger partial charge in [-0.25, -0.2) is 4.79 Å². The molecule has 0 spiro atoms. The first kappa shape index (κ1) is 27.1. The van der Waals surface area contributed by atoms with Gasteiger partial charge < -0.3 is 20.3 Å². The van der Waals surface area contributed by atoms with Crippen LogP contribution in [0.15, 0.2) is 42.5 Å². The number of imide groups is 1. The summed E-state index contributed by atoms with van der Waals surface area (Å²) in [6, 6.07) is 10.1. The van der Waals surface area contributed by atoms with E-state index in [4.69, 9.17) is 16.3 Å². The number of alkyl carbamates (subject to hydrolysis) is 1. The highest BCUT2D eigenvalue weighted by atomic mass is 35.5. The summed E-state index contributed by atoms with van der Waals surface area (Å²) in [5, 5.41) is 8.00. The zero-order valence-electron chi connectivity index (χ0n) is 21.3. The molecule has 5 amide bonds. The van der Waals surface area contributed by atoms with Gasteiger partial charge in [0.25, 0.3) is 5.91 Å². The summed E-state index contributed by atoms with van der Waals surface area (Å²) in [6.45, 7) is 5.51. The highest BCUT2D eigenvalue weighted by molar-refractivity contribution is 6.31. The third-order valence-corrected chi connectivity index (χ3v) is 6.54. The lowest BCUT2D eigenvalue weighted by molar-refractivity contribution is -0.137. The quantitative estimate of drug-likeness (QED) is 0.482. The maximum atomic E-state index is 13.2. The van der Waals surface area contributed by atoms with Crippen molar-refractivity contribution in [3.05, 3.63) is 69.7 Å². The zero-order valence-corrected chi connectivity index (χ0v) is 22.1. The lowest BCUT2D eigenvalue weighted by Crippen LogP contribution is -2.52. The molecule has 2 aliphatic heterocycles. The Morgan fingerprint density at radius 1 is 1.16 bits per heavy atom. The number of rotatable bonds is 6. The van der Waals surface area contributed by atoms with E-state index in [0.29, 0.717) is 16.1 Å². The number of carbonyl (C=O) groups excluding carboxylic acids is 5. The molecule has 10 nitrogen and oxygen atoms in total. The molecule has 2 atom stereocenters. The van der Waals surface area contributed by atoms with Crippen LogP contribution in [-0.4, -0.2) is 46.3 Å². The summed E-state index contributed by atoms with van der Waals surface area (Å²) in [7, 11) is 0. The lowest BCUT2D eigenvalue weighted by atomic mass is 10.0. The van der Waals surface area contributed by atoms with Gasteiger partial charge in [0, 0.05) is 35.7 Å². The Labute approximate surface area is 225 Å². The van der Waals surface area contributed by atoms with Crippen LogP contribution < -0.4 is 16.0 Å². The fourth-order valence-corrected chi connectivity index (χ4v) is 4.69. The maximum absolute atomic E-state index is 13.2. The van der Waals surface area contributed by atoms with Crippen LogP contribution in [0.25, 0.3) is 0 Å². The van der Waals surface area contributed by atoms with Gasteiger partial charge in [0.1, 0.15) is 17.7 Å². The number of piperidine rings is 1. The summed E-state index contributed by atoms with van der Waals surface area (Å²) in [5.74, 6) is -1.58. The Morgan fingerprint density at radius 3 is 2.58 bits per heavy atom. The highest BCUT2D eigenvalue weighted by Gasteiger charge is 2.39. The van der Waals surface area contributed by atoms with E-state index in [1.54, 1.807) is 63.2 Å². The van der Waals surface area contributed by atoms with Gasteiger partial charge in [-0.3, -0.25) is 24.5 Å². The van der Waals surface area contributed by atoms with Crippen molar-refractivity contribution in [2.75, 3.05) is 0 Å². The average molecular weight is 541 g/mol. The number of benzene rings is 2. The molecule has 0 unspecified atom stereocenters. The smallest absolute Gasteiger partial charge is 0.408 e. The first-order chi connectivity index (χ1) is 17.9. The number of nitrogens with one attached hydrogen (secondary N) is 3. The minimum Gasteiger partial charge on any atom is -0.444 e. The molecule has 2 heterocycles. The molecule has 1 fully saturated rings. The number of amides is 5. The summed E-state index contributed by atoms with van der Waals surface area (Å²) < 4.78 is 5.32. The topological polar surface area (TPSA) is 134 Å². The normalized spacial score (nSPS) is 17.9. The van der Waals surface area contributed by atoms with Crippen molar-refractivity contribution in [2.24, 2.45) is 0 Å². The second-order valence-electron chi connectivity index (χ2n) is 10.2. The SMILES string of the molecule is CC(C)(C)OC(=O)N[C@H](C(=O)NCc1ccc2c(c1)CN([C@H]1CCC(=O)NC1=O)C2=O)c1ccccc1Cl. The highest BCUT2D eigenvalue weighted by Crippen LogP contribution is 2.28. The molecule has 2 aliphatic rings. The van der Waals surface area contributed by atoms with Crippen LogP contribution in [0.4, 0.5) is 4.79 Å². The summed E-state index contributed by atoms with van der Waals surface area (Å²) in [5.41, 5.74) is 1.59. The number of carbonyl (C=O) groups is 5. The number of halogens is 1. The number of hydrogen-bond acceptors (Lipinski definition) is 6. The van der Waals surface area contributed by atoms with Crippen LogP contribution in [0.1, 0.15) is 66.7 Å². The molecule has 0 bridgehead atoms. The summed E-state index contributed by atoms with van der Waals surface area (Å²) >= 11 is 6.31. The first-order valence-electron chi connectivity index (χ1n) is 12.2. The number of hydrogen-bond donors (Lipinski definition) is 3. The van der Waals surface area contributed by atoms with Gasteiger partial charge >= 0.3 is 6.09 Å². The van der Waals surface area contributed by atoms with E-state index < -0.39 is 35.6 Å². The second-order valence-corrected chi connectivity index (χ2v) is 10.6. The third-order valence-electron chi connectivity index (χ3n) is 6.19. The van der Waals surface area contributed by atoms with Gasteiger partial charge in [0.05, 0.1) is 0 Å². The van der Waals surface area contributed by atoms with Crippen LogP contribution in [0.2, 0.25) is 5.02 Å². The lowest BCUT2D eigenvalue weighted by Gasteiger charge is -2.29. The summed E-state index contributed by atoms with van der Waals surface area (Å²) in [6.07, 6.45) is -0.304. The van der Waals surface area contributed by atoms with E-state index in [9.17, 15) is 24.0 Å². The predicted octanol–water partition coefficient (Wildman–Crippen LogP) is 2.98. The van der Waals surface area contributed by atoms with E-state index in [2.05, 4.69) is 16.0 Å². The standard InChI is InChI=1S/C27H29ClN4O6/c1-27(2,3)38-26(37)31-22(18-6-4-5-7-19(18)28)24(35)29-13-15-8-9-17-16(12-15)14-32(25(17)36)20-10-11-21(33)30-23(20)34/h4-9,12,20,22H,10-11,13-14H2,1-3H3,(H,29,35)(H,31,37)(H,30,33,34)/t20-,22-/m0/s1. The van der Waals surface area contributed by atoms with Crippen molar-refractivity contribution < 1.29 is 28.7 Å². The molecule has 1 saturated heterocycles. The number of nitrogens with zero attached hydrogens (tertiary/aromatic N) is 1. The van der Waals surface area contributed by atoms with Crippen molar-refractivity contribution in [3.8, 4) is 0 Å². The molecule has 4 rings (SSSR count). The van der Waals surface area contributed by atoms with Crippen LogP contribution >= 0.6 is 11.6 Å². The monoisotopic (exact) mass is 540 g/mol. The summed E-state index contributed by atoms with van der Waals surface area (Å²) in [4.78, 5) is 63.8. The molecule has 200 valence electrons. The molecule has 38 heavy (non-hydrogen) atoms. The molecule has 3 N–H and O–H groups in total. The largest absolute Gasteiger partial charge is 0.444 e.